The van der Waals surface area contributed by atoms with Gasteiger partial charge >= 0.3 is 0 Å². The van der Waals surface area contributed by atoms with Gasteiger partial charge in [-0.25, -0.2) is 8.42 Å². The summed E-state index contributed by atoms with van der Waals surface area (Å²) >= 11 is 0. The third-order valence-electron chi connectivity index (χ3n) is 4.98. The van der Waals surface area contributed by atoms with Crippen LogP contribution in [0, 0.1) is 0 Å². The highest BCUT2D eigenvalue weighted by Gasteiger charge is 2.32. The maximum atomic E-state index is 12.3. The summed E-state index contributed by atoms with van der Waals surface area (Å²) in [6.07, 6.45) is 0.716. The first-order valence-electron chi connectivity index (χ1n) is 8.80. The zero-order valence-corrected chi connectivity index (χ0v) is 16.0. The molecule has 1 unspecified atom stereocenters. The molecule has 2 aliphatic rings. The van der Waals surface area contributed by atoms with Gasteiger partial charge in [0.1, 0.15) is 0 Å². The molecule has 0 spiro atoms. The number of carbonyl (C=O) groups excluding carboxylic acids is 2. The SMILES string of the molecule is CC(=O)N(CCC(=O)N(C)C1CCS(=O)(=O)C1)CCN1CCOCC1. The maximum Gasteiger partial charge on any atom is 0.224 e. The van der Waals surface area contributed by atoms with E-state index in [1.807, 2.05) is 0 Å². The monoisotopic (exact) mass is 375 g/mol. The lowest BCUT2D eigenvalue weighted by Gasteiger charge is -2.30. The van der Waals surface area contributed by atoms with Gasteiger partial charge in [0.25, 0.3) is 0 Å². The minimum Gasteiger partial charge on any atom is -0.379 e. The number of nitrogens with zero attached hydrogens (tertiary/aromatic N) is 3. The fourth-order valence-electron chi connectivity index (χ4n) is 3.21. The lowest BCUT2D eigenvalue weighted by Crippen LogP contribution is -2.44. The van der Waals surface area contributed by atoms with E-state index in [0.717, 1.165) is 19.6 Å². The second-order valence-electron chi connectivity index (χ2n) is 6.77. The van der Waals surface area contributed by atoms with Crippen molar-refractivity contribution in [3.63, 3.8) is 0 Å². The summed E-state index contributed by atoms with van der Waals surface area (Å²) in [5, 5.41) is 0. The Morgan fingerprint density at radius 1 is 1.20 bits per heavy atom. The number of morpholine rings is 1. The quantitative estimate of drug-likeness (QED) is 0.579. The zero-order chi connectivity index (χ0) is 18.4. The Balaban J connectivity index is 1.77. The molecule has 8 nitrogen and oxygen atoms in total. The minimum absolute atomic E-state index is 0.0443. The number of ether oxygens (including phenoxy) is 1. The molecular formula is C16H29N3O5S. The van der Waals surface area contributed by atoms with Crippen molar-refractivity contribution in [2.75, 3.05) is 64.5 Å². The van der Waals surface area contributed by atoms with Gasteiger partial charge < -0.3 is 14.5 Å². The van der Waals surface area contributed by atoms with Crippen LogP contribution in [0.15, 0.2) is 0 Å². The van der Waals surface area contributed by atoms with E-state index >= 15 is 0 Å². The van der Waals surface area contributed by atoms with E-state index in [4.69, 9.17) is 4.74 Å². The van der Waals surface area contributed by atoms with Crippen LogP contribution >= 0.6 is 0 Å². The molecule has 2 aliphatic heterocycles. The Hall–Kier alpha value is -1.19. The summed E-state index contributed by atoms with van der Waals surface area (Å²) in [5.74, 6) is 0.0313. The highest BCUT2D eigenvalue weighted by Crippen LogP contribution is 2.17. The molecule has 25 heavy (non-hydrogen) atoms. The predicted molar refractivity (Wildman–Crippen MR) is 94.0 cm³/mol. The van der Waals surface area contributed by atoms with Crippen molar-refractivity contribution in [3.8, 4) is 0 Å². The third-order valence-corrected chi connectivity index (χ3v) is 6.73. The number of hydrogen-bond donors (Lipinski definition) is 0. The fraction of sp³-hybridized carbons (Fsp3) is 0.875. The van der Waals surface area contributed by atoms with Crippen LogP contribution < -0.4 is 0 Å². The second-order valence-corrected chi connectivity index (χ2v) is 9.00. The van der Waals surface area contributed by atoms with Crippen LogP contribution in [-0.2, 0) is 24.2 Å². The van der Waals surface area contributed by atoms with Crippen LogP contribution in [-0.4, -0.2) is 105 Å². The van der Waals surface area contributed by atoms with Crippen molar-refractivity contribution < 1.29 is 22.7 Å². The minimum atomic E-state index is -3.01. The highest BCUT2D eigenvalue weighted by molar-refractivity contribution is 7.91. The maximum absolute atomic E-state index is 12.3. The molecule has 0 radical (unpaired) electrons. The fourth-order valence-corrected chi connectivity index (χ4v) is 4.98. The Labute approximate surface area is 150 Å². The molecule has 1 atom stereocenters. The van der Waals surface area contributed by atoms with Gasteiger partial charge in [0.15, 0.2) is 9.84 Å². The summed E-state index contributed by atoms with van der Waals surface area (Å²) in [7, 11) is -1.36. The molecule has 0 aromatic rings. The number of hydrogen-bond acceptors (Lipinski definition) is 6. The number of rotatable bonds is 7. The van der Waals surface area contributed by atoms with Gasteiger partial charge in [-0.15, -0.1) is 0 Å². The van der Waals surface area contributed by atoms with Gasteiger partial charge in [-0.1, -0.05) is 0 Å². The van der Waals surface area contributed by atoms with Crippen molar-refractivity contribution in [2.24, 2.45) is 0 Å². The summed E-state index contributed by atoms with van der Waals surface area (Å²) in [5.41, 5.74) is 0. The van der Waals surface area contributed by atoms with Gasteiger partial charge in [-0.2, -0.15) is 0 Å². The van der Waals surface area contributed by atoms with Gasteiger partial charge in [0.05, 0.1) is 24.7 Å². The van der Waals surface area contributed by atoms with Crippen LogP contribution in [0.3, 0.4) is 0 Å². The Kier molecular flexibility index (Phi) is 7.21. The standard InChI is InChI=1S/C16H29N3O5S/c1-14(20)19(7-6-18-8-10-24-11-9-18)5-3-16(21)17(2)15-4-12-25(22,23)13-15/h15H,3-13H2,1-2H3. The molecule has 0 bridgehead atoms. The third kappa shape index (κ3) is 6.23. The van der Waals surface area contributed by atoms with Gasteiger partial charge in [-0.05, 0) is 6.42 Å². The van der Waals surface area contributed by atoms with Gasteiger partial charge in [0, 0.05) is 59.2 Å². The molecule has 0 aromatic heterocycles. The van der Waals surface area contributed by atoms with Gasteiger partial charge in [-0.3, -0.25) is 14.5 Å². The molecule has 2 heterocycles. The van der Waals surface area contributed by atoms with Crippen LogP contribution in [0.1, 0.15) is 19.8 Å². The molecule has 0 aromatic carbocycles. The molecule has 2 rings (SSSR count). The van der Waals surface area contributed by atoms with Crippen molar-refractivity contribution in [3.05, 3.63) is 0 Å². The Morgan fingerprint density at radius 2 is 1.88 bits per heavy atom. The predicted octanol–water partition coefficient (Wildman–Crippen LogP) is -0.797. The molecule has 0 N–H and O–H groups in total. The van der Waals surface area contributed by atoms with Gasteiger partial charge in [0.2, 0.25) is 11.8 Å². The summed E-state index contributed by atoms with van der Waals surface area (Å²) in [6, 6.07) is -0.239. The van der Waals surface area contributed by atoms with Crippen LogP contribution in [0.4, 0.5) is 0 Å². The van der Waals surface area contributed by atoms with E-state index in [1.165, 1.54) is 11.8 Å². The van der Waals surface area contributed by atoms with E-state index < -0.39 is 9.84 Å². The number of amides is 2. The first-order valence-corrected chi connectivity index (χ1v) is 10.6. The van der Waals surface area contributed by atoms with Crippen molar-refractivity contribution in [1.29, 1.82) is 0 Å². The zero-order valence-electron chi connectivity index (χ0n) is 15.1. The average Bonchev–Trinajstić information content (AvgIpc) is 2.94. The molecule has 2 fully saturated rings. The lowest BCUT2D eigenvalue weighted by atomic mass is 10.2. The van der Waals surface area contributed by atoms with E-state index in [1.54, 1.807) is 11.9 Å². The van der Waals surface area contributed by atoms with E-state index in [0.29, 0.717) is 32.7 Å². The molecule has 9 heteroatoms. The molecule has 144 valence electrons. The topological polar surface area (TPSA) is 87.2 Å². The highest BCUT2D eigenvalue weighted by atomic mass is 32.2. The average molecular weight is 375 g/mol. The molecular weight excluding hydrogens is 346 g/mol. The van der Waals surface area contributed by atoms with Crippen LogP contribution in [0.2, 0.25) is 0 Å². The van der Waals surface area contributed by atoms with E-state index in [9.17, 15) is 18.0 Å². The Bertz CT molecular complexity index is 574. The van der Waals surface area contributed by atoms with Crippen LogP contribution in [0.5, 0.6) is 0 Å². The summed E-state index contributed by atoms with van der Waals surface area (Å²) in [6.45, 7) is 6.39. The summed E-state index contributed by atoms with van der Waals surface area (Å²) < 4.78 is 28.4. The molecule has 0 saturated carbocycles. The van der Waals surface area contributed by atoms with E-state index in [-0.39, 0.29) is 35.8 Å². The Morgan fingerprint density at radius 3 is 2.44 bits per heavy atom. The molecule has 0 aliphatic carbocycles. The molecule has 2 saturated heterocycles. The largest absolute Gasteiger partial charge is 0.379 e. The van der Waals surface area contributed by atoms with Crippen molar-refractivity contribution in [2.45, 2.75) is 25.8 Å². The summed E-state index contributed by atoms with van der Waals surface area (Å²) in [4.78, 5) is 29.6. The number of sulfone groups is 1. The normalized spacial score (nSPS) is 23.4. The van der Waals surface area contributed by atoms with Crippen LogP contribution in [0.25, 0.3) is 0 Å². The number of carbonyl (C=O) groups is 2. The first-order chi connectivity index (χ1) is 11.8. The first kappa shape index (κ1) is 20.1. The smallest absolute Gasteiger partial charge is 0.224 e. The second kappa shape index (κ2) is 8.95. The van der Waals surface area contributed by atoms with Crippen molar-refractivity contribution in [1.82, 2.24) is 14.7 Å². The molecule has 2 amide bonds. The van der Waals surface area contributed by atoms with E-state index in [2.05, 4.69) is 4.90 Å². The van der Waals surface area contributed by atoms with Crippen molar-refractivity contribution >= 4 is 21.7 Å². The lowest BCUT2D eigenvalue weighted by molar-refractivity contribution is -0.133.